The minimum atomic E-state index is 0.445. The van der Waals surface area contributed by atoms with E-state index in [1.54, 1.807) is 0 Å². The van der Waals surface area contributed by atoms with Crippen molar-refractivity contribution in [3.63, 3.8) is 0 Å². The highest BCUT2D eigenvalue weighted by molar-refractivity contribution is 5.30. The zero-order valence-electron chi connectivity index (χ0n) is 12.4. The first-order valence-electron chi connectivity index (χ1n) is 7.53. The van der Waals surface area contributed by atoms with E-state index in [9.17, 15) is 0 Å². The van der Waals surface area contributed by atoms with Crippen LogP contribution in [0.4, 0.5) is 0 Å². The van der Waals surface area contributed by atoms with E-state index >= 15 is 0 Å². The predicted octanol–water partition coefficient (Wildman–Crippen LogP) is 3.75. The Morgan fingerprint density at radius 1 is 1.25 bits per heavy atom. The lowest BCUT2D eigenvalue weighted by Gasteiger charge is -2.34. The van der Waals surface area contributed by atoms with Crippen molar-refractivity contribution in [2.45, 2.75) is 45.7 Å². The van der Waals surface area contributed by atoms with Crippen LogP contribution in [0.5, 0.6) is 0 Å². The van der Waals surface area contributed by atoms with Gasteiger partial charge in [0.25, 0.3) is 0 Å². The summed E-state index contributed by atoms with van der Waals surface area (Å²) in [5.74, 6) is 1.12. The number of aromatic nitrogens is 2. The summed E-state index contributed by atoms with van der Waals surface area (Å²) in [5.41, 5.74) is 4.16. The molecule has 2 aromatic rings. The quantitative estimate of drug-likeness (QED) is 0.920. The molecule has 0 amide bonds. The second-order valence-corrected chi connectivity index (χ2v) is 5.88. The maximum Gasteiger partial charge on any atom is 0.123 e. The van der Waals surface area contributed by atoms with Gasteiger partial charge in [0.1, 0.15) is 5.82 Å². The van der Waals surface area contributed by atoms with Crippen molar-refractivity contribution in [3.05, 3.63) is 53.1 Å². The molecule has 1 aromatic carbocycles. The van der Waals surface area contributed by atoms with Crippen molar-refractivity contribution in [2.75, 3.05) is 6.54 Å². The molecule has 1 N–H and O–H groups in total. The summed E-state index contributed by atoms with van der Waals surface area (Å²) >= 11 is 0. The maximum atomic E-state index is 4.47. The van der Waals surface area contributed by atoms with Crippen molar-refractivity contribution >= 4 is 0 Å². The van der Waals surface area contributed by atoms with Crippen LogP contribution >= 0.6 is 0 Å². The largest absolute Gasteiger partial charge is 0.347 e. The number of rotatable bonds is 3. The van der Waals surface area contributed by atoms with Gasteiger partial charge < -0.3 is 4.98 Å². The van der Waals surface area contributed by atoms with Crippen LogP contribution < -0.4 is 0 Å². The van der Waals surface area contributed by atoms with Gasteiger partial charge >= 0.3 is 0 Å². The predicted molar refractivity (Wildman–Crippen MR) is 81.5 cm³/mol. The maximum absolute atomic E-state index is 4.47. The molecule has 0 radical (unpaired) electrons. The number of hydrogen-bond donors (Lipinski definition) is 1. The first-order valence-corrected chi connectivity index (χ1v) is 7.53. The molecule has 3 nitrogen and oxygen atoms in total. The average molecular weight is 269 g/mol. The molecule has 106 valence electrons. The summed E-state index contributed by atoms with van der Waals surface area (Å²) in [7, 11) is 0. The third-order valence-corrected chi connectivity index (χ3v) is 4.41. The molecule has 2 heterocycles. The Morgan fingerprint density at radius 3 is 2.90 bits per heavy atom. The molecule has 1 fully saturated rings. The molecule has 3 rings (SSSR count). The number of imidazole rings is 1. The number of aryl methyl sites for hydroxylation is 2. The summed E-state index contributed by atoms with van der Waals surface area (Å²) in [6.45, 7) is 6.55. The van der Waals surface area contributed by atoms with Crippen LogP contribution in [0.15, 0.2) is 30.6 Å². The fraction of sp³-hybridized carbons (Fsp3) is 0.471. The Hall–Kier alpha value is -1.61. The van der Waals surface area contributed by atoms with E-state index in [1.807, 2.05) is 12.4 Å². The average Bonchev–Trinajstić information content (AvgIpc) is 2.97. The Kier molecular flexibility index (Phi) is 3.88. The van der Waals surface area contributed by atoms with E-state index in [4.69, 9.17) is 0 Å². The van der Waals surface area contributed by atoms with Gasteiger partial charge in [-0.05, 0) is 49.9 Å². The third-order valence-electron chi connectivity index (χ3n) is 4.41. The zero-order valence-corrected chi connectivity index (χ0v) is 12.4. The van der Waals surface area contributed by atoms with Gasteiger partial charge in [-0.3, -0.25) is 4.90 Å². The van der Waals surface area contributed by atoms with Gasteiger partial charge in [0, 0.05) is 18.9 Å². The third kappa shape index (κ3) is 2.78. The molecule has 1 aromatic heterocycles. The number of H-pyrrole nitrogens is 1. The van der Waals surface area contributed by atoms with Gasteiger partial charge in [0.15, 0.2) is 0 Å². The van der Waals surface area contributed by atoms with E-state index in [0.717, 1.165) is 18.9 Å². The molecule has 1 atom stereocenters. The van der Waals surface area contributed by atoms with E-state index < -0.39 is 0 Å². The van der Waals surface area contributed by atoms with Crippen LogP contribution in [0.2, 0.25) is 0 Å². The van der Waals surface area contributed by atoms with E-state index in [-0.39, 0.29) is 0 Å². The molecule has 1 aliphatic heterocycles. The number of nitrogens with one attached hydrogen (secondary N) is 1. The molecule has 20 heavy (non-hydrogen) atoms. The molecular formula is C17H23N3. The van der Waals surface area contributed by atoms with E-state index in [2.05, 4.69) is 46.9 Å². The van der Waals surface area contributed by atoms with Gasteiger partial charge in [-0.15, -0.1) is 0 Å². The Labute approximate surface area is 121 Å². The lowest BCUT2D eigenvalue weighted by Crippen LogP contribution is -2.33. The number of aromatic amines is 1. The van der Waals surface area contributed by atoms with Crippen molar-refractivity contribution in [3.8, 4) is 0 Å². The summed E-state index contributed by atoms with van der Waals surface area (Å²) in [6.07, 6.45) is 7.59. The molecule has 1 aliphatic rings. The van der Waals surface area contributed by atoms with Gasteiger partial charge in [-0.1, -0.05) is 24.6 Å². The number of benzene rings is 1. The molecule has 1 unspecified atom stereocenters. The molecular weight excluding hydrogens is 246 g/mol. The second kappa shape index (κ2) is 5.80. The van der Waals surface area contributed by atoms with Crippen molar-refractivity contribution in [1.29, 1.82) is 0 Å². The molecule has 0 aliphatic carbocycles. The summed E-state index contributed by atoms with van der Waals surface area (Å²) in [4.78, 5) is 10.3. The lowest BCUT2D eigenvalue weighted by molar-refractivity contribution is 0.134. The molecule has 0 bridgehead atoms. The molecule has 0 spiro atoms. The van der Waals surface area contributed by atoms with Crippen LogP contribution in [0.3, 0.4) is 0 Å². The normalized spacial score (nSPS) is 20.2. The Morgan fingerprint density at radius 2 is 2.15 bits per heavy atom. The molecule has 0 saturated carbocycles. The second-order valence-electron chi connectivity index (χ2n) is 5.88. The SMILES string of the molecule is Cc1ccc(CN2CCCCC2c2ncc[nH]2)cc1C. The summed E-state index contributed by atoms with van der Waals surface area (Å²) in [5, 5.41) is 0. The minimum Gasteiger partial charge on any atom is -0.347 e. The summed E-state index contributed by atoms with van der Waals surface area (Å²) < 4.78 is 0. The smallest absolute Gasteiger partial charge is 0.123 e. The van der Waals surface area contributed by atoms with Crippen molar-refractivity contribution in [1.82, 2.24) is 14.9 Å². The lowest BCUT2D eigenvalue weighted by atomic mass is 9.99. The van der Waals surface area contributed by atoms with Crippen LogP contribution in [-0.2, 0) is 6.54 Å². The summed E-state index contributed by atoms with van der Waals surface area (Å²) in [6, 6.07) is 7.26. The standard InChI is InChI=1S/C17H23N3/c1-13-6-7-15(11-14(13)2)12-20-10-4-3-5-16(20)17-18-8-9-19-17/h6-9,11,16H,3-5,10,12H2,1-2H3,(H,18,19). The first kappa shape index (κ1) is 13.4. The van der Waals surface area contributed by atoms with Gasteiger partial charge in [0.2, 0.25) is 0 Å². The van der Waals surface area contributed by atoms with Gasteiger partial charge in [-0.25, -0.2) is 4.98 Å². The van der Waals surface area contributed by atoms with E-state index in [1.165, 1.54) is 36.0 Å². The Bertz CT molecular complexity index is 560. The monoisotopic (exact) mass is 269 g/mol. The number of hydrogen-bond acceptors (Lipinski definition) is 2. The van der Waals surface area contributed by atoms with Gasteiger partial charge in [0.05, 0.1) is 6.04 Å². The van der Waals surface area contributed by atoms with Crippen LogP contribution in [0.1, 0.15) is 47.8 Å². The number of likely N-dealkylation sites (tertiary alicyclic amines) is 1. The van der Waals surface area contributed by atoms with Crippen molar-refractivity contribution < 1.29 is 0 Å². The fourth-order valence-corrected chi connectivity index (χ4v) is 3.09. The molecule has 1 saturated heterocycles. The first-order chi connectivity index (χ1) is 9.74. The molecule has 3 heteroatoms. The van der Waals surface area contributed by atoms with Crippen molar-refractivity contribution in [2.24, 2.45) is 0 Å². The minimum absolute atomic E-state index is 0.445. The fourth-order valence-electron chi connectivity index (χ4n) is 3.09. The topological polar surface area (TPSA) is 31.9 Å². The number of piperidine rings is 1. The number of nitrogens with zero attached hydrogens (tertiary/aromatic N) is 2. The van der Waals surface area contributed by atoms with Crippen LogP contribution in [0.25, 0.3) is 0 Å². The zero-order chi connectivity index (χ0) is 13.9. The van der Waals surface area contributed by atoms with Crippen LogP contribution in [-0.4, -0.2) is 21.4 Å². The van der Waals surface area contributed by atoms with E-state index in [0.29, 0.717) is 6.04 Å². The van der Waals surface area contributed by atoms with Crippen LogP contribution in [0, 0.1) is 13.8 Å². The van der Waals surface area contributed by atoms with Gasteiger partial charge in [-0.2, -0.15) is 0 Å². The highest BCUT2D eigenvalue weighted by atomic mass is 15.2. The Balaban J connectivity index is 1.78. The highest BCUT2D eigenvalue weighted by Gasteiger charge is 2.25. The highest BCUT2D eigenvalue weighted by Crippen LogP contribution is 2.30.